The van der Waals surface area contributed by atoms with Crippen LogP contribution in [0.4, 0.5) is 0 Å². The van der Waals surface area contributed by atoms with Crippen LogP contribution in [0.2, 0.25) is 0 Å². The molecule has 5 nitrogen and oxygen atoms in total. The van der Waals surface area contributed by atoms with Gasteiger partial charge in [-0.2, -0.15) is 0 Å². The third-order valence-corrected chi connectivity index (χ3v) is 4.87. The third kappa shape index (κ3) is 7.07. The molecule has 1 unspecified atom stereocenters. The molecule has 3 rings (SSSR count). The summed E-state index contributed by atoms with van der Waals surface area (Å²) in [6.45, 7) is 7.61. The molecular weight excluding hydrogens is 463 g/mol. The average Bonchev–Trinajstić information content (AvgIpc) is 2.73. The lowest BCUT2D eigenvalue weighted by atomic mass is 10.1. The van der Waals surface area contributed by atoms with E-state index in [1.165, 1.54) is 16.7 Å². The van der Waals surface area contributed by atoms with E-state index in [0.29, 0.717) is 0 Å². The van der Waals surface area contributed by atoms with Gasteiger partial charge in [-0.15, -0.1) is 24.0 Å². The number of rotatable bonds is 6. The number of guanidine groups is 1. The molecule has 1 aliphatic heterocycles. The zero-order valence-corrected chi connectivity index (χ0v) is 19.1. The molecule has 1 saturated heterocycles. The average molecular weight is 494 g/mol. The van der Waals surface area contributed by atoms with Crippen LogP contribution in [0.1, 0.15) is 29.7 Å². The molecule has 0 bridgehead atoms. The molecule has 0 radical (unpaired) electrons. The highest BCUT2D eigenvalue weighted by atomic mass is 127. The molecule has 0 amide bonds. The molecule has 1 aliphatic rings. The van der Waals surface area contributed by atoms with E-state index < -0.39 is 0 Å². The topological polar surface area (TPSA) is 48.9 Å². The Morgan fingerprint density at radius 3 is 2.32 bits per heavy atom. The number of ether oxygens (including phenoxy) is 1. The summed E-state index contributed by atoms with van der Waals surface area (Å²) >= 11 is 0. The van der Waals surface area contributed by atoms with Gasteiger partial charge in [-0.3, -0.25) is 9.89 Å². The quantitative estimate of drug-likeness (QED) is 0.367. The van der Waals surface area contributed by atoms with Crippen molar-refractivity contribution in [1.82, 2.24) is 15.5 Å². The summed E-state index contributed by atoms with van der Waals surface area (Å²) in [5.74, 6) is 0.809. The fourth-order valence-electron chi connectivity index (χ4n) is 3.19. The smallest absolute Gasteiger partial charge is 0.191 e. The van der Waals surface area contributed by atoms with Crippen LogP contribution >= 0.6 is 24.0 Å². The van der Waals surface area contributed by atoms with Gasteiger partial charge >= 0.3 is 0 Å². The Bertz CT molecular complexity index is 715. The largest absolute Gasteiger partial charge is 0.379 e. The summed E-state index contributed by atoms with van der Waals surface area (Å²) in [5.41, 5.74) is 3.84. The van der Waals surface area contributed by atoms with Crippen LogP contribution in [-0.2, 0) is 17.8 Å². The van der Waals surface area contributed by atoms with Crippen molar-refractivity contribution in [3.05, 3.63) is 71.3 Å². The van der Waals surface area contributed by atoms with Crippen LogP contribution in [0.5, 0.6) is 0 Å². The van der Waals surface area contributed by atoms with E-state index in [1.54, 1.807) is 7.05 Å². The summed E-state index contributed by atoms with van der Waals surface area (Å²) in [6.07, 6.45) is 0. The highest BCUT2D eigenvalue weighted by Crippen LogP contribution is 2.11. The SMILES string of the molecule is CN=C(NCc1ccc(CN2CCOCC2)cc1)NC(C)c1ccccc1.I. The van der Waals surface area contributed by atoms with E-state index >= 15 is 0 Å². The Morgan fingerprint density at radius 2 is 1.68 bits per heavy atom. The first-order chi connectivity index (χ1) is 13.2. The minimum absolute atomic E-state index is 0. The number of nitrogens with one attached hydrogen (secondary N) is 2. The van der Waals surface area contributed by atoms with Crippen LogP contribution in [0, 0.1) is 0 Å². The maximum Gasteiger partial charge on any atom is 0.191 e. The highest BCUT2D eigenvalue weighted by molar-refractivity contribution is 14.0. The number of hydrogen-bond acceptors (Lipinski definition) is 3. The molecule has 6 heteroatoms. The second-order valence-corrected chi connectivity index (χ2v) is 6.91. The number of aliphatic imine (C=N–C) groups is 1. The Labute approximate surface area is 185 Å². The van der Waals surface area contributed by atoms with Crippen molar-refractivity contribution in [1.29, 1.82) is 0 Å². The van der Waals surface area contributed by atoms with Gasteiger partial charge in [0.15, 0.2) is 5.96 Å². The van der Waals surface area contributed by atoms with Crippen LogP contribution in [0.15, 0.2) is 59.6 Å². The summed E-state index contributed by atoms with van der Waals surface area (Å²) in [5, 5.41) is 6.84. The lowest BCUT2D eigenvalue weighted by Gasteiger charge is -2.26. The maximum absolute atomic E-state index is 5.41. The van der Waals surface area contributed by atoms with E-state index in [9.17, 15) is 0 Å². The van der Waals surface area contributed by atoms with Gasteiger partial charge in [-0.25, -0.2) is 0 Å². The van der Waals surface area contributed by atoms with E-state index in [2.05, 4.69) is 76.0 Å². The molecule has 0 aromatic heterocycles. The number of morpholine rings is 1. The molecule has 2 N–H and O–H groups in total. The number of halogens is 1. The van der Waals surface area contributed by atoms with Gasteiger partial charge in [0, 0.05) is 33.2 Å². The normalized spacial score (nSPS) is 16.1. The molecule has 1 fully saturated rings. The fourth-order valence-corrected chi connectivity index (χ4v) is 3.19. The van der Waals surface area contributed by atoms with Gasteiger partial charge in [0.2, 0.25) is 0 Å². The zero-order chi connectivity index (χ0) is 18.9. The van der Waals surface area contributed by atoms with E-state index in [-0.39, 0.29) is 30.0 Å². The van der Waals surface area contributed by atoms with Crippen LogP contribution in [0.25, 0.3) is 0 Å². The van der Waals surface area contributed by atoms with Crippen molar-refractivity contribution >= 4 is 29.9 Å². The Hall–Kier alpha value is -1.64. The monoisotopic (exact) mass is 494 g/mol. The van der Waals surface area contributed by atoms with Crippen molar-refractivity contribution in [3.63, 3.8) is 0 Å². The lowest BCUT2D eigenvalue weighted by molar-refractivity contribution is 0.0342. The highest BCUT2D eigenvalue weighted by Gasteiger charge is 2.11. The van der Waals surface area contributed by atoms with Crippen LogP contribution < -0.4 is 10.6 Å². The number of benzene rings is 2. The second kappa shape index (κ2) is 12.0. The second-order valence-electron chi connectivity index (χ2n) is 6.91. The molecule has 1 atom stereocenters. The van der Waals surface area contributed by atoms with Crippen molar-refractivity contribution < 1.29 is 4.74 Å². The van der Waals surface area contributed by atoms with E-state index in [0.717, 1.165) is 45.4 Å². The minimum atomic E-state index is 0. The van der Waals surface area contributed by atoms with Gasteiger partial charge < -0.3 is 15.4 Å². The summed E-state index contributed by atoms with van der Waals surface area (Å²) < 4.78 is 5.41. The van der Waals surface area contributed by atoms with Crippen molar-refractivity contribution in [2.45, 2.75) is 26.1 Å². The van der Waals surface area contributed by atoms with E-state index in [4.69, 9.17) is 4.74 Å². The van der Waals surface area contributed by atoms with Gasteiger partial charge in [0.25, 0.3) is 0 Å². The first-order valence-corrected chi connectivity index (χ1v) is 9.64. The fraction of sp³-hybridized carbons (Fsp3) is 0.409. The Kier molecular flexibility index (Phi) is 9.73. The zero-order valence-electron chi connectivity index (χ0n) is 16.7. The molecule has 1 heterocycles. The molecule has 0 spiro atoms. The molecule has 0 saturated carbocycles. The van der Waals surface area contributed by atoms with Gasteiger partial charge in [-0.1, -0.05) is 54.6 Å². The third-order valence-electron chi connectivity index (χ3n) is 4.87. The first-order valence-electron chi connectivity index (χ1n) is 9.64. The van der Waals surface area contributed by atoms with Crippen LogP contribution in [-0.4, -0.2) is 44.2 Å². The molecule has 2 aromatic carbocycles. The van der Waals surface area contributed by atoms with Gasteiger partial charge in [-0.05, 0) is 23.6 Å². The molecule has 2 aromatic rings. The molecular formula is C22H31IN4O. The predicted molar refractivity (Wildman–Crippen MR) is 126 cm³/mol. The number of nitrogens with zero attached hydrogens (tertiary/aromatic N) is 2. The molecule has 28 heavy (non-hydrogen) atoms. The van der Waals surface area contributed by atoms with Gasteiger partial charge in [0.1, 0.15) is 0 Å². The summed E-state index contributed by atoms with van der Waals surface area (Å²) in [4.78, 5) is 6.78. The van der Waals surface area contributed by atoms with Crippen molar-refractivity contribution in [2.24, 2.45) is 4.99 Å². The van der Waals surface area contributed by atoms with Crippen molar-refractivity contribution in [3.8, 4) is 0 Å². The Morgan fingerprint density at radius 1 is 1.04 bits per heavy atom. The predicted octanol–water partition coefficient (Wildman–Crippen LogP) is 3.56. The van der Waals surface area contributed by atoms with Gasteiger partial charge in [0.05, 0.1) is 19.3 Å². The number of hydrogen-bond donors (Lipinski definition) is 2. The van der Waals surface area contributed by atoms with E-state index in [1.807, 2.05) is 6.07 Å². The molecule has 152 valence electrons. The standard InChI is InChI=1S/C22H30N4O.HI/c1-18(21-6-4-3-5-7-21)25-22(23-2)24-16-19-8-10-20(11-9-19)17-26-12-14-27-15-13-26;/h3-11,18H,12-17H2,1-2H3,(H2,23,24,25);1H. The summed E-state index contributed by atoms with van der Waals surface area (Å²) in [7, 11) is 1.80. The summed E-state index contributed by atoms with van der Waals surface area (Å²) in [6, 6.07) is 19.4. The maximum atomic E-state index is 5.41. The van der Waals surface area contributed by atoms with Crippen molar-refractivity contribution in [2.75, 3.05) is 33.4 Å². The minimum Gasteiger partial charge on any atom is -0.379 e. The lowest BCUT2D eigenvalue weighted by Crippen LogP contribution is -2.38. The Balaban J connectivity index is 0.00000280. The first kappa shape index (κ1) is 22.6. The molecule has 0 aliphatic carbocycles. The van der Waals surface area contributed by atoms with Crippen LogP contribution in [0.3, 0.4) is 0 Å².